The van der Waals surface area contributed by atoms with Gasteiger partial charge in [0.15, 0.2) is 11.7 Å². The van der Waals surface area contributed by atoms with Crippen molar-refractivity contribution in [2.24, 2.45) is 0 Å². The highest BCUT2D eigenvalue weighted by atomic mass is 32.1. The zero-order valence-corrected chi connectivity index (χ0v) is 16.2. The van der Waals surface area contributed by atoms with E-state index in [9.17, 15) is 9.59 Å². The van der Waals surface area contributed by atoms with E-state index in [1.54, 1.807) is 30.0 Å². The van der Waals surface area contributed by atoms with Crippen LogP contribution in [0, 0.1) is 0 Å². The third kappa shape index (κ3) is 4.86. The maximum absolute atomic E-state index is 12.8. The van der Waals surface area contributed by atoms with Gasteiger partial charge in [-0.05, 0) is 55.8 Å². The average molecular weight is 388 g/mol. The molecule has 0 aromatic heterocycles. The summed E-state index contributed by atoms with van der Waals surface area (Å²) in [6.07, 6.45) is 7.31. The van der Waals surface area contributed by atoms with Gasteiger partial charge in [0, 0.05) is 6.04 Å². The Morgan fingerprint density at radius 3 is 2.63 bits per heavy atom. The molecule has 1 saturated heterocycles. The summed E-state index contributed by atoms with van der Waals surface area (Å²) in [5.74, 6) is 0.102. The predicted octanol–water partition coefficient (Wildman–Crippen LogP) is 3.02. The molecule has 1 aliphatic carbocycles. The number of hydrogen-bond donors (Lipinski definition) is 1. The van der Waals surface area contributed by atoms with Crippen molar-refractivity contribution in [2.45, 2.75) is 45.1 Å². The van der Waals surface area contributed by atoms with Crippen LogP contribution in [-0.2, 0) is 14.3 Å². The highest BCUT2D eigenvalue weighted by Gasteiger charge is 2.36. The van der Waals surface area contributed by atoms with Crippen LogP contribution in [0.4, 0.5) is 0 Å². The van der Waals surface area contributed by atoms with E-state index < -0.39 is 5.97 Å². The van der Waals surface area contributed by atoms with Crippen molar-refractivity contribution in [3.63, 3.8) is 0 Å². The van der Waals surface area contributed by atoms with Crippen molar-refractivity contribution in [2.75, 3.05) is 13.2 Å². The summed E-state index contributed by atoms with van der Waals surface area (Å²) in [5.41, 5.74) is 1.34. The van der Waals surface area contributed by atoms with Crippen LogP contribution in [0.1, 0.15) is 44.6 Å². The van der Waals surface area contributed by atoms with Crippen molar-refractivity contribution in [3.05, 3.63) is 35.5 Å². The molecule has 144 valence electrons. The Bertz CT molecular complexity index is 739. The second-order valence-corrected chi connectivity index (χ2v) is 7.00. The lowest BCUT2D eigenvalue weighted by atomic mass is 9.94. The maximum atomic E-state index is 12.8. The quantitative estimate of drug-likeness (QED) is 0.459. The predicted molar refractivity (Wildman–Crippen MR) is 106 cm³/mol. The zero-order valence-electron chi connectivity index (χ0n) is 15.4. The molecule has 2 aliphatic rings. The molecular formula is C20H24N2O4S. The van der Waals surface area contributed by atoms with Gasteiger partial charge in [-0.1, -0.05) is 31.4 Å². The summed E-state index contributed by atoms with van der Waals surface area (Å²) < 4.78 is 10.2. The van der Waals surface area contributed by atoms with Gasteiger partial charge in [0.1, 0.15) is 11.4 Å². The van der Waals surface area contributed by atoms with Crippen molar-refractivity contribution in [1.29, 1.82) is 0 Å². The van der Waals surface area contributed by atoms with Crippen LogP contribution in [0.3, 0.4) is 0 Å². The van der Waals surface area contributed by atoms with Crippen LogP contribution in [0.15, 0.2) is 30.0 Å². The minimum absolute atomic E-state index is 0.0606. The molecule has 6 nitrogen and oxygen atoms in total. The highest BCUT2D eigenvalue weighted by Crippen LogP contribution is 2.27. The molecule has 27 heavy (non-hydrogen) atoms. The van der Waals surface area contributed by atoms with Crippen molar-refractivity contribution >= 4 is 35.3 Å². The number of nitrogens with zero attached hydrogens (tertiary/aromatic N) is 1. The largest absolute Gasteiger partial charge is 0.482 e. The lowest BCUT2D eigenvalue weighted by Crippen LogP contribution is -2.41. The highest BCUT2D eigenvalue weighted by molar-refractivity contribution is 7.80. The first kappa shape index (κ1) is 19.4. The summed E-state index contributed by atoms with van der Waals surface area (Å²) in [5, 5.41) is 3.54. The molecule has 0 bridgehead atoms. The van der Waals surface area contributed by atoms with E-state index in [0.29, 0.717) is 23.2 Å². The van der Waals surface area contributed by atoms with Gasteiger partial charge in [-0.15, -0.1) is 0 Å². The van der Waals surface area contributed by atoms with Crippen LogP contribution >= 0.6 is 12.2 Å². The average Bonchev–Trinajstić information content (AvgIpc) is 2.95. The number of ether oxygens (including phenoxy) is 2. The van der Waals surface area contributed by atoms with Gasteiger partial charge >= 0.3 is 5.97 Å². The van der Waals surface area contributed by atoms with Crippen molar-refractivity contribution < 1.29 is 19.1 Å². The standard InChI is InChI=1S/C20H24N2O4S/c1-2-25-18(23)13-26-16-10-8-14(9-11-16)12-17-19(24)22(20(27)21-17)15-6-4-3-5-7-15/h8-12,15H,2-7,13H2,1H3,(H,21,27)/b17-12+. The molecule has 7 heteroatoms. The maximum Gasteiger partial charge on any atom is 0.344 e. The fourth-order valence-corrected chi connectivity index (χ4v) is 3.73. The second kappa shape index (κ2) is 8.99. The third-order valence-corrected chi connectivity index (χ3v) is 5.00. The molecule has 1 aromatic rings. The first-order valence-corrected chi connectivity index (χ1v) is 9.74. The number of carbonyl (C=O) groups is 2. The molecule has 1 amide bonds. The van der Waals surface area contributed by atoms with E-state index in [1.807, 2.05) is 12.1 Å². The summed E-state index contributed by atoms with van der Waals surface area (Å²) in [4.78, 5) is 25.8. The fraction of sp³-hybridized carbons (Fsp3) is 0.450. The van der Waals surface area contributed by atoms with Crippen molar-refractivity contribution in [1.82, 2.24) is 10.2 Å². The van der Waals surface area contributed by atoms with Gasteiger partial charge in [-0.2, -0.15) is 0 Å². The molecule has 1 aliphatic heterocycles. The van der Waals surface area contributed by atoms with Crippen molar-refractivity contribution in [3.8, 4) is 5.75 Å². The Balaban J connectivity index is 1.63. The summed E-state index contributed by atoms with van der Waals surface area (Å²) in [7, 11) is 0. The van der Waals surface area contributed by atoms with E-state index in [-0.39, 0.29) is 18.6 Å². The number of amides is 1. The topological polar surface area (TPSA) is 67.9 Å². The molecule has 0 radical (unpaired) electrons. The van der Waals surface area contributed by atoms with Crippen LogP contribution in [0.5, 0.6) is 5.75 Å². The second-order valence-electron chi connectivity index (χ2n) is 6.62. The Kier molecular flexibility index (Phi) is 6.45. The number of benzene rings is 1. The van der Waals surface area contributed by atoms with E-state index >= 15 is 0 Å². The third-order valence-electron chi connectivity index (χ3n) is 4.70. The van der Waals surface area contributed by atoms with Gasteiger partial charge < -0.3 is 14.8 Å². The van der Waals surface area contributed by atoms with Gasteiger partial charge in [-0.25, -0.2) is 4.79 Å². The molecule has 1 aromatic carbocycles. The first-order chi connectivity index (χ1) is 13.1. The smallest absolute Gasteiger partial charge is 0.344 e. The number of nitrogens with one attached hydrogen (secondary N) is 1. The fourth-order valence-electron chi connectivity index (χ4n) is 3.39. The van der Waals surface area contributed by atoms with E-state index in [1.165, 1.54) is 6.42 Å². The number of thiocarbonyl (C=S) groups is 1. The number of rotatable bonds is 6. The Hall–Kier alpha value is -2.41. The van der Waals surface area contributed by atoms with E-state index in [2.05, 4.69) is 5.32 Å². The van der Waals surface area contributed by atoms with Crippen LogP contribution < -0.4 is 10.1 Å². The van der Waals surface area contributed by atoms with Crippen LogP contribution in [0.25, 0.3) is 6.08 Å². The van der Waals surface area contributed by atoms with Gasteiger partial charge in [0.2, 0.25) is 0 Å². The molecule has 2 fully saturated rings. The Morgan fingerprint density at radius 1 is 1.26 bits per heavy atom. The molecule has 0 spiro atoms. The molecule has 3 rings (SSSR count). The van der Waals surface area contributed by atoms with Gasteiger partial charge in [0.05, 0.1) is 6.61 Å². The van der Waals surface area contributed by atoms with Gasteiger partial charge in [0.25, 0.3) is 5.91 Å². The zero-order chi connectivity index (χ0) is 19.2. The van der Waals surface area contributed by atoms with E-state index in [0.717, 1.165) is 31.2 Å². The first-order valence-electron chi connectivity index (χ1n) is 9.33. The molecular weight excluding hydrogens is 364 g/mol. The normalized spacial score (nSPS) is 19.3. The van der Waals surface area contributed by atoms with Crippen LogP contribution in [-0.4, -0.2) is 41.1 Å². The molecule has 1 N–H and O–H groups in total. The minimum Gasteiger partial charge on any atom is -0.482 e. The number of esters is 1. The minimum atomic E-state index is -0.402. The molecule has 1 heterocycles. The van der Waals surface area contributed by atoms with Crippen LogP contribution in [0.2, 0.25) is 0 Å². The molecule has 1 saturated carbocycles. The lowest BCUT2D eigenvalue weighted by molar-refractivity contribution is -0.145. The monoisotopic (exact) mass is 388 g/mol. The van der Waals surface area contributed by atoms with Gasteiger partial charge in [-0.3, -0.25) is 9.69 Å². The number of hydrogen-bond acceptors (Lipinski definition) is 5. The number of carbonyl (C=O) groups excluding carboxylic acids is 2. The summed E-state index contributed by atoms with van der Waals surface area (Å²) in [6.45, 7) is 1.95. The SMILES string of the molecule is CCOC(=O)COc1ccc(/C=C2/NC(=S)N(C3CCCCC3)C2=O)cc1. The Labute approximate surface area is 164 Å². The summed E-state index contributed by atoms with van der Waals surface area (Å²) >= 11 is 5.38. The van der Waals surface area contributed by atoms with E-state index in [4.69, 9.17) is 21.7 Å². The molecule has 0 unspecified atom stereocenters. The molecule has 0 atom stereocenters. The summed E-state index contributed by atoms with van der Waals surface area (Å²) in [6, 6.07) is 7.37. The lowest BCUT2D eigenvalue weighted by Gasteiger charge is -2.29. The Morgan fingerprint density at radius 2 is 1.96 bits per heavy atom.